The molecular formula is C6H5NO2. The molecule has 0 aromatic carbocycles. The first-order valence-electron chi connectivity index (χ1n) is 2.44. The Kier molecular flexibility index (Phi) is 1.44. The number of rotatable bonds is 0. The van der Waals surface area contributed by atoms with Crippen LogP contribution in [0.2, 0.25) is 0 Å². The van der Waals surface area contributed by atoms with E-state index in [1.807, 2.05) is 0 Å². The summed E-state index contributed by atoms with van der Waals surface area (Å²) in [6.45, 7) is 0. The molecule has 1 aromatic rings. The molecule has 9 heavy (non-hydrogen) atoms. The summed E-state index contributed by atoms with van der Waals surface area (Å²) < 4.78 is 0. The van der Waals surface area contributed by atoms with Crippen LogP contribution in [0.5, 0.6) is 5.88 Å². The van der Waals surface area contributed by atoms with Crippen molar-refractivity contribution in [3.8, 4) is 5.88 Å². The molecule has 0 aliphatic rings. The van der Waals surface area contributed by atoms with Gasteiger partial charge >= 0.3 is 0 Å². The minimum absolute atomic E-state index is 0.142. The molecular weight excluding hydrogens is 118 g/mol. The fourth-order valence-electron chi connectivity index (χ4n) is 0.445. The summed E-state index contributed by atoms with van der Waals surface area (Å²) in [5, 5.41) is 8.67. The van der Waals surface area contributed by atoms with Crippen LogP contribution >= 0.6 is 0 Å². The predicted octanol–water partition coefficient (Wildman–Crippen LogP) is 0.147. The van der Waals surface area contributed by atoms with Gasteiger partial charge in [-0.3, -0.25) is 4.79 Å². The Bertz CT molecular complexity index is 259. The van der Waals surface area contributed by atoms with Crippen molar-refractivity contribution in [2.24, 2.45) is 0 Å². The summed E-state index contributed by atoms with van der Waals surface area (Å²) in [6, 6.07) is 4.12. The molecule has 0 atom stereocenters. The summed E-state index contributed by atoms with van der Waals surface area (Å²) in [5.41, 5.74) is -0.213. The van der Waals surface area contributed by atoms with E-state index in [1.165, 1.54) is 18.2 Å². The van der Waals surface area contributed by atoms with Crippen LogP contribution in [-0.4, -0.2) is 10.1 Å². The maximum atomic E-state index is 10.4. The second-order valence-electron chi connectivity index (χ2n) is 1.54. The van der Waals surface area contributed by atoms with Crippen LogP contribution in [0.4, 0.5) is 0 Å². The fourth-order valence-corrected chi connectivity index (χ4v) is 0.445. The zero-order valence-electron chi connectivity index (χ0n) is 4.61. The maximum Gasteiger partial charge on any atom is 0.210 e. The van der Waals surface area contributed by atoms with E-state index in [4.69, 9.17) is 5.11 Å². The van der Waals surface area contributed by atoms with Crippen molar-refractivity contribution in [3.63, 3.8) is 0 Å². The molecule has 46 valence electrons. The van der Waals surface area contributed by atoms with Gasteiger partial charge in [0.1, 0.15) is 0 Å². The lowest BCUT2D eigenvalue weighted by molar-refractivity contribution is 0.454. The third-order valence-corrected chi connectivity index (χ3v) is 0.830. The van der Waals surface area contributed by atoms with Gasteiger partial charge in [-0.25, -0.2) is 4.98 Å². The number of aromatic hydroxyl groups is 1. The summed E-state index contributed by atoms with van der Waals surface area (Å²) >= 11 is 0. The highest BCUT2D eigenvalue weighted by molar-refractivity contribution is 5.06. The number of hydrogen-bond acceptors (Lipinski definition) is 3. The third kappa shape index (κ3) is 1.53. The van der Waals surface area contributed by atoms with E-state index in [-0.39, 0.29) is 11.3 Å². The monoisotopic (exact) mass is 123 g/mol. The van der Waals surface area contributed by atoms with Crippen molar-refractivity contribution in [1.82, 2.24) is 4.98 Å². The van der Waals surface area contributed by atoms with E-state index in [0.717, 1.165) is 6.20 Å². The molecule has 1 heterocycles. The van der Waals surface area contributed by atoms with E-state index >= 15 is 0 Å². The van der Waals surface area contributed by atoms with E-state index in [0.29, 0.717) is 0 Å². The fraction of sp³-hybridized carbons (Fsp3) is 0. The predicted molar refractivity (Wildman–Crippen MR) is 32.2 cm³/mol. The summed E-state index contributed by atoms with van der Waals surface area (Å²) in [6.07, 6.45) is 1.06. The second kappa shape index (κ2) is 2.26. The standard InChI is InChI=1S/C6H5NO2/c8-5-2-1-3-6(9)7-4-5/h1-4,9H. The zero-order chi connectivity index (χ0) is 6.69. The van der Waals surface area contributed by atoms with Crippen LogP contribution in [0.1, 0.15) is 0 Å². The second-order valence-corrected chi connectivity index (χ2v) is 1.54. The molecule has 1 aromatic heterocycles. The topological polar surface area (TPSA) is 50.2 Å². The molecule has 3 nitrogen and oxygen atoms in total. The molecule has 0 radical (unpaired) electrons. The highest BCUT2D eigenvalue weighted by atomic mass is 16.3. The molecule has 0 aliphatic heterocycles. The van der Waals surface area contributed by atoms with Crippen molar-refractivity contribution in [3.05, 3.63) is 34.6 Å². The summed E-state index contributed by atoms with van der Waals surface area (Å²) in [7, 11) is 0. The van der Waals surface area contributed by atoms with Crippen molar-refractivity contribution < 1.29 is 5.11 Å². The molecule has 0 unspecified atom stereocenters. The smallest absolute Gasteiger partial charge is 0.210 e. The maximum absolute atomic E-state index is 10.4. The van der Waals surface area contributed by atoms with Gasteiger partial charge < -0.3 is 5.11 Å². The lowest BCUT2D eigenvalue weighted by Gasteiger charge is -1.74. The van der Waals surface area contributed by atoms with Crippen LogP contribution in [0, 0.1) is 0 Å². The Morgan fingerprint density at radius 2 is 2.22 bits per heavy atom. The Labute approximate surface area is 51.6 Å². The zero-order valence-corrected chi connectivity index (χ0v) is 4.61. The summed E-state index contributed by atoms with van der Waals surface area (Å²) in [5.74, 6) is -0.142. The Morgan fingerprint density at radius 1 is 1.44 bits per heavy atom. The van der Waals surface area contributed by atoms with Crippen molar-refractivity contribution in [2.75, 3.05) is 0 Å². The number of nitrogens with zero attached hydrogens (tertiary/aromatic N) is 1. The van der Waals surface area contributed by atoms with Crippen molar-refractivity contribution in [1.29, 1.82) is 0 Å². The molecule has 0 amide bonds. The van der Waals surface area contributed by atoms with E-state index in [9.17, 15) is 4.79 Å². The lowest BCUT2D eigenvalue weighted by Crippen LogP contribution is -1.89. The average Bonchev–Trinajstić information content (AvgIpc) is 1.97. The Hall–Kier alpha value is -1.38. The quantitative estimate of drug-likeness (QED) is 0.534. The highest BCUT2D eigenvalue weighted by Gasteiger charge is 1.81. The number of aromatic nitrogens is 1. The first kappa shape index (κ1) is 5.75. The van der Waals surface area contributed by atoms with Gasteiger partial charge in [0, 0.05) is 6.07 Å². The van der Waals surface area contributed by atoms with E-state index in [2.05, 4.69) is 4.98 Å². The van der Waals surface area contributed by atoms with Crippen LogP contribution in [0.3, 0.4) is 0 Å². The van der Waals surface area contributed by atoms with Gasteiger partial charge in [0.15, 0.2) is 5.43 Å². The van der Waals surface area contributed by atoms with Gasteiger partial charge in [0.2, 0.25) is 5.88 Å². The third-order valence-electron chi connectivity index (χ3n) is 0.830. The largest absolute Gasteiger partial charge is 0.493 e. The van der Waals surface area contributed by atoms with Crippen LogP contribution < -0.4 is 5.43 Å². The normalized spacial score (nSPS) is 8.89. The van der Waals surface area contributed by atoms with E-state index in [1.54, 1.807) is 0 Å². The molecule has 0 saturated heterocycles. The first-order valence-corrected chi connectivity index (χ1v) is 2.44. The molecule has 0 spiro atoms. The highest BCUT2D eigenvalue weighted by Crippen LogP contribution is 1.93. The van der Waals surface area contributed by atoms with Crippen molar-refractivity contribution in [2.45, 2.75) is 0 Å². The van der Waals surface area contributed by atoms with Crippen LogP contribution in [0.15, 0.2) is 29.2 Å². The van der Waals surface area contributed by atoms with Crippen LogP contribution in [0.25, 0.3) is 0 Å². The van der Waals surface area contributed by atoms with Gasteiger partial charge in [0.25, 0.3) is 0 Å². The van der Waals surface area contributed by atoms with Gasteiger partial charge in [-0.05, 0) is 6.07 Å². The van der Waals surface area contributed by atoms with Gasteiger partial charge in [0.05, 0.1) is 6.20 Å². The molecule has 0 bridgehead atoms. The first-order chi connectivity index (χ1) is 4.29. The molecule has 0 saturated carbocycles. The van der Waals surface area contributed by atoms with Gasteiger partial charge in [-0.15, -0.1) is 0 Å². The van der Waals surface area contributed by atoms with Crippen LogP contribution in [-0.2, 0) is 0 Å². The average molecular weight is 123 g/mol. The SMILES string of the molecule is O=c1cccc(O)nc1. The molecule has 0 fully saturated rings. The van der Waals surface area contributed by atoms with E-state index < -0.39 is 0 Å². The minimum atomic E-state index is -0.213. The van der Waals surface area contributed by atoms with Gasteiger partial charge in [-0.1, -0.05) is 6.07 Å². The summed E-state index contributed by atoms with van der Waals surface area (Å²) in [4.78, 5) is 13.8. The molecule has 3 heteroatoms. The minimum Gasteiger partial charge on any atom is -0.493 e. The lowest BCUT2D eigenvalue weighted by atomic mass is 10.5. The molecule has 1 rings (SSSR count). The van der Waals surface area contributed by atoms with Gasteiger partial charge in [-0.2, -0.15) is 0 Å². The Morgan fingerprint density at radius 3 is 3.00 bits per heavy atom. The Balaban J connectivity index is 3.33. The molecule has 1 N–H and O–H groups in total. The molecule has 0 aliphatic carbocycles. The number of hydrogen-bond donors (Lipinski definition) is 1. The van der Waals surface area contributed by atoms with Crippen molar-refractivity contribution >= 4 is 0 Å².